The summed E-state index contributed by atoms with van der Waals surface area (Å²) in [5.41, 5.74) is 8.32. The van der Waals surface area contributed by atoms with Crippen LogP contribution in [0.15, 0.2) is 55.0 Å². The first-order chi connectivity index (χ1) is 12.6. The molecule has 4 aromatic rings. The molecule has 3 aromatic heterocycles. The van der Waals surface area contributed by atoms with E-state index < -0.39 is 0 Å². The van der Waals surface area contributed by atoms with E-state index in [9.17, 15) is 0 Å². The number of rotatable bonds is 2. The van der Waals surface area contributed by atoms with E-state index in [1.54, 1.807) is 6.20 Å². The van der Waals surface area contributed by atoms with Crippen LogP contribution in [0, 0.1) is 20.8 Å². The average Bonchev–Trinajstić information content (AvgIpc) is 3.29. The van der Waals surface area contributed by atoms with Crippen LogP contribution in [0.25, 0.3) is 22.8 Å². The molecule has 0 saturated heterocycles. The SMILES string of the molecule is Cc1nnccc1-n1cc[n+]2c1-c1cc(-n3c(C)ccc3C)ccc1C2. The quantitative estimate of drug-likeness (QED) is 0.462. The molecule has 128 valence electrons. The van der Waals surface area contributed by atoms with E-state index in [1.807, 2.05) is 13.0 Å². The van der Waals surface area contributed by atoms with Crippen LogP contribution in [0.5, 0.6) is 0 Å². The largest absolute Gasteiger partial charge is 0.318 e. The Bertz CT molecular complexity index is 1130. The van der Waals surface area contributed by atoms with Crippen LogP contribution in [-0.4, -0.2) is 19.3 Å². The van der Waals surface area contributed by atoms with E-state index >= 15 is 0 Å². The van der Waals surface area contributed by atoms with Crippen molar-refractivity contribution in [3.05, 3.63) is 77.6 Å². The van der Waals surface area contributed by atoms with Crippen molar-refractivity contribution in [2.24, 2.45) is 0 Å². The molecule has 1 aromatic carbocycles. The second kappa shape index (κ2) is 5.39. The minimum Gasteiger partial charge on any atom is -0.318 e. The van der Waals surface area contributed by atoms with Crippen molar-refractivity contribution in [2.75, 3.05) is 0 Å². The Hall–Kier alpha value is -3.21. The van der Waals surface area contributed by atoms with Crippen LogP contribution < -0.4 is 4.57 Å². The zero-order chi connectivity index (χ0) is 17.8. The molecule has 0 spiro atoms. The Kier molecular flexibility index (Phi) is 3.13. The number of fused-ring (bicyclic) bond motifs is 3. The van der Waals surface area contributed by atoms with Crippen LogP contribution in [0.2, 0.25) is 0 Å². The van der Waals surface area contributed by atoms with Gasteiger partial charge in [-0.05, 0) is 45.0 Å². The molecule has 1 aliphatic heterocycles. The number of imidazole rings is 1. The zero-order valence-corrected chi connectivity index (χ0v) is 15.1. The van der Waals surface area contributed by atoms with E-state index in [2.05, 4.69) is 80.5 Å². The van der Waals surface area contributed by atoms with Crippen molar-refractivity contribution in [2.45, 2.75) is 27.3 Å². The third-order valence-corrected chi connectivity index (χ3v) is 5.24. The fourth-order valence-electron chi connectivity index (χ4n) is 3.99. The molecule has 0 radical (unpaired) electrons. The van der Waals surface area contributed by atoms with Gasteiger partial charge in [-0.2, -0.15) is 14.8 Å². The zero-order valence-electron chi connectivity index (χ0n) is 15.1. The Labute approximate surface area is 152 Å². The molecule has 0 fully saturated rings. The number of aryl methyl sites for hydroxylation is 3. The van der Waals surface area contributed by atoms with Crippen molar-refractivity contribution in [1.82, 2.24) is 19.3 Å². The first kappa shape index (κ1) is 15.1. The Morgan fingerprint density at radius 2 is 1.81 bits per heavy atom. The summed E-state index contributed by atoms with van der Waals surface area (Å²) in [5.74, 6) is 1.19. The maximum absolute atomic E-state index is 4.21. The molecule has 1 aliphatic rings. The highest BCUT2D eigenvalue weighted by Gasteiger charge is 2.31. The first-order valence-electron chi connectivity index (χ1n) is 8.81. The van der Waals surface area contributed by atoms with Crippen LogP contribution in [-0.2, 0) is 6.54 Å². The van der Waals surface area contributed by atoms with Crippen molar-refractivity contribution in [3.63, 3.8) is 0 Å². The third kappa shape index (κ3) is 2.07. The van der Waals surface area contributed by atoms with Crippen molar-refractivity contribution >= 4 is 0 Å². The molecule has 0 N–H and O–H groups in total. The van der Waals surface area contributed by atoms with Gasteiger partial charge in [0, 0.05) is 28.7 Å². The summed E-state index contributed by atoms with van der Waals surface area (Å²) in [6, 6.07) is 13.1. The van der Waals surface area contributed by atoms with E-state index in [4.69, 9.17) is 0 Å². The minimum absolute atomic E-state index is 0.902. The molecular formula is C21H20N5+. The van der Waals surface area contributed by atoms with Gasteiger partial charge in [0.15, 0.2) is 5.69 Å². The van der Waals surface area contributed by atoms with Gasteiger partial charge in [-0.1, -0.05) is 6.07 Å². The fourth-order valence-corrected chi connectivity index (χ4v) is 3.99. The summed E-state index contributed by atoms with van der Waals surface area (Å²) < 4.78 is 6.81. The summed E-state index contributed by atoms with van der Waals surface area (Å²) in [6.07, 6.45) is 6.00. The molecular weight excluding hydrogens is 322 g/mol. The maximum Gasteiger partial charge on any atom is 0.294 e. The molecule has 5 rings (SSSR count). The molecule has 0 saturated carbocycles. The molecule has 0 bridgehead atoms. The summed E-state index contributed by atoms with van der Waals surface area (Å²) >= 11 is 0. The maximum atomic E-state index is 4.21. The Balaban J connectivity index is 1.71. The van der Waals surface area contributed by atoms with Crippen molar-refractivity contribution in [1.29, 1.82) is 0 Å². The summed E-state index contributed by atoms with van der Waals surface area (Å²) in [5, 5.41) is 8.20. The van der Waals surface area contributed by atoms with Gasteiger partial charge in [-0.15, -0.1) is 0 Å². The molecule has 5 nitrogen and oxygen atoms in total. The van der Waals surface area contributed by atoms with Crippen LogP contribution >= 0.6 is 0 Å². The summed E-state index contributed by atoms with van der Waals surface area (Å²) in [6.45, 7) is 7.20. The number of nitrogens with zero attached hydrogens (tertiary/aromatic N) is 5. The van der Waals surface area contributed by atoms with Gasteiger partial charge < -0.3 is 4.57 Å². The van der Waals surface area contributed by atoms with Crippen LogP contribution in [0.1, 0.15) is 22.6 Å². The number of hydrogen-bond acceptors (Lipinski definition) is 2. The van der Waals surface area contributed by atoms with E-state index in [1.165, 1.54) is 34.0 Å². The molecule has 0 unspecified atom stereocenters. The lowest BCUT2D eigenvalue weighted by molar-refractivity contribution is -0.671. The molecule has 0 aliphatic carbocycles. The van der Waals surface area contributed by atoms with E-state index in [0.29, 0.717) is 0 Å². The highest BCUT2D eigenvalue weighted by Crippen LogP contribution is 2.32. The molecule has 0 amide bonds. The first-order valence-corrected chi connectivity index (χ1v) is 8.81. The normalized spacial score (nSPS) is 12.3. The average molecular weight is 342 g/mol. The lowest BCUT2D eigenvalue weighted by Gasteiger charge is -2.10. The second-order valence-electron chi connectivity index (χ2n) is 6.91. The van der Waals surface area contributed by atoms with Gasteiger partial charge >= 0.3 is 0 Å². The predicted octanol–water partition coefficient (Wildman–Crippen LogP) is 3.30. The van der Waals surface area contributed by atoms with Crippen molar-refractivity contribution < 1.29 is 4.57 Å². The molecule has 0 atom stereocenters. The lowest BCUT2D eigenvalue weighted by atomic mass is 10.1. The standard InChI is InChI=1S/C21H20N5/c1-14-4-5-15(2)26(14)18-7-6-17-13-24-10-11-25(21(24)19(17)12-18)20-8-9-22-23-16(20)3/h4-12H,13H2,1-3H3/q+1. The van der Waals surface area contributed by atoms with Crippen LogP contribution in [0.3, 0.4) is 0 Å². The van der Waals surface area contributed by atoms with E-state index in [0.717, 1.165) is 17.9 Å². The summed E-state index contributed by atoms with van der Waals surface area (Å²) in [7, 11) is 0. The number of benzene rings is 1. The lowest BCUT2D eigenvalue weighted by Crippen LogP contribution is -2.29. The topological polar surface area (TPSA) is 39.5 Å². The molecule has 5 heteroatoms. The second-order valence-corrected chi connectivity index (χ2v) is 6.91. The monoisotopic (exact) mass is 342 g/mol. The fraction of sp³-hybridized carbons (Fsp3) is 0.190. The molecule has 26 heavy (non-hydrogen) atoms. The molecule has 4 heterocycles. The van der Waals surface area contributed by atoms with Gasteiger partial charge in [0.25, 0.3) is 5.82 Å². The van der Waals surface area contributed by atoms with Crippen molar-refractivity contribution in [3.8, 4) is 22.8 Å². The number of aromatic nitrogens is 5. The minimum atomic E-state index is 0.902. The Morgan fingerprint density at radius 3 is 2.58 bits per heavy atom. The highest BCUT2D eigenvalue weighted by atomic mass is 15.2. The van der Waals surface area contributed by atoms with E-state index in [-0.39, 0.29) is 0 Å². The van der Waals surface area contributed by atoms with Gasteiger partial charge in [-0.3, -0.25) is 0 Å². The van der Waals surface area contributed by atoms with Gasteiger partial charge in [0.1, 0.15) is 24.6 Å². The van der Waals surface area contributed by atoms with Gasteiger partial charge in [0.05, 0.1) is 11.8 Å². The van der Waals surface area contributed by atoms with Gasteiger partial charge in [-0.25, -0.2) is 4.57 Å². The van der Waals surface area contributed by atoms with Crippen LogP contribution in [0.4, 0.5) is 0 Å². The highest BCUT2D eigenvalue weighted by molar-refractivity contribution is 5.66. The third-order valence-electron chi connectivity index (χ3n) is 5.24. The van der Waals surface area contributed by atoms with Gasteiger partial charge in [0.2, 0.25) is 0 Å². The Morgan fingerprint density at radius 1 is 1.00 bits per heavy atom. The smallest absolute Gasteiger partial charge is 0.294 e. The summed E-state index contributed by atoms with van der Waals surface area (Å²) in [4.78, 5) is 0. The number of hydrogen-bond donors (Lipinski definition) is 0. The predicted molar refractivity (Wildman–Crippen MR) is 99.6 cm³/mol.